The Kier molecular flexibility index (Phi) is 41.4. The number of furan rings is 1. The summed E-state index contributed by atoms with van der Waals surface area (Å²) in [5.74, 6) is 3.85. The Morgan fingerprint density at radius 3 is 1.41 bits per heavy atom. The molecule has 2 unspecified atom stereocenters. The second-order valence-corrected chi connectivity index (χ2v) is 55.5. The van der Waals surface area contributed by atoms with Crippen molar-refractivity contribution in [3.05, 3.63) is 299 Å². The molecule has 21 nitrogen and oxygen atoms in total. The standard InChI is InChI=1S/C31H30O4.C25H30O5Si.C23H23NO6.C19H23F3O5SSi.C5H9Si.C5H10.C3H5.CH3.BrH.Mg.Ti/c1-29(2)34-27(30(32,23-15-7-3-8-16-23)24-17-9-4-10-18-24)28(35-29)31(33,25-19-11-5-12-20-25)26-21-13-6-14-22-26;1-15-17-7-8-19-18(9-10-25(19)28-11-12-29-25)21(17)23(30-31(5,6)24(2,3)4)22-20(15)16(13-26)14-27-22;1-4-27-19(25)8-5-14(2)16-6-7-18-17(9-10-23(18)29-11-12-30-23)20(16)21(26)22-15(3)24-13-28-22;1-13(8-12-29(2,3)4)14-5-6-16-15(7-9-18(16)25-10-11-26-18)17(14)27-28(23,24)19(20,21)22;1-5-6(2,3)4;1-2-4-5-3-1;1-3-2;;;;/h3-22,27-28,32-33H,1-2H3;7-8,13-14H,9-12H2,1-6H3;6-7,13-14H,4,9-12H2,1-3H3;5-6,13H,7,9-11H2,1-4H3;2-4H3;1-5H2;3H,1-2H2;1H3;1H;;/q;;;;-1;;2*-1;;2*+2/p-1/t27-,28-;;;;;;;;;;/m1........../s1. The molecule has 31 heteroatoms. The van der Waals surface area contributed by atoms with Crippen LogP contribution in [0.4, 0.5) is 13.2 Å². The van der Waals surface area contributed by atoms with Gasteiger partial charge in [-0.15, -0.1) is 11.5 Å². The molecule has 8 aromatic carbocycles. The van der Waals surface area contributed by atoms with Gasteiger partial charge < -0.3 is 107 Å². The zero-order valence-electron chi connectivity index (χ0n) is 85.6. The third kappa shape index (κ3) is 26.6. The van der Waals surface area contributed by atoms with Gasteiger partial charge in [0.2, 0.25) is 5.78 Å². The van der Waals surface area contributed by atoms with Gasteiger partial charge in [0.1, 0.15) is 37.7 Å². The summed E-state index contributed by atoms with van der Waals surface area (Å²) in [7, 11) is -11.0. The largest absolute Gasteiger partial charge is 2.00 e. The number of hydrogen-bond donors (Lipinski definition) is 2. The number of hydrogen-bond acceptors (Lipinski definition) is 21. The minimum atomic E-state index is -5.83. The van der Waals surface area contributed by atoms with Crippen LogP contribution >= 0.6 is 0 Å². The molecule has 4 aliphatic carbocycles. The van der Waals surface area contributed by atoms with Gasteiger partial charge in [0.25, 0.3) is 8.32 Å². The molecule has 5 fully saturated rings. The van der Waals surface area contributed by atoms with Gasteiger partial charge in [-0.1, -0.05) is 256 Å². The van der Waals surface area contributed by atoms with E-state index in [1.807, 2.05) is 174 Å². The maximum atomic E-state index is 13.5. The second kappa shape index (κ2) is 49.5. The third-order valence-corrected chi connectivity index (χ3v) is 33.1. The number of nitrogens with zero attached hydrogens (tertiary/aromatic N) is 1. The van der Waals surface area contributed by atoms with E-state index in [1.54, 1.807) is 39.2 Å². The molecule has 758 valence electrons. The number of alkyl halides is 3. The number of halogens is 4. The molecule has 2 aromatic heterocycles. The second-order valence-electron chi connectivity index (χ2n) is 39.7. The predicted molar refractivity (Wildman–Crippen MR) is 550 cm³/mol. The fourth-order valence-corrected chi connectivity index (χ4v) is 20.5. The number of oxazole rings is 1. The number of allylic oxidation sites excluding steroid dienone is 1. The number of ether oxygens (including phenoxy) is 9. The number of carbonyl (C=O) groups excluding carboxylic acids is 3. The first-order valence-electron chi connectivity index (χ1n) is 47.5. The van der Waals surface area contributed by atoms with Crippen LogP contribution in [0.3, 0.4) is 0 Å². The summed E-state index contributed by atoms with van der Waals surface area (Å²) in [6.07, 6.45) is 21.1. The van der Waals surface area contributed by atoms with Crippen molar-refractivity contribution in [3.8, 4) is 40.3 Å². The van der Waals surface area contributed by atoms with Crippen LogP contribution in [0.25, 0.3) is 21.7 Å². The Labute approximate surface area is 886 Å². The van der Waals surface area contributed by atoms with Crippen molar-refractivity contribution in [1.82, 2.24) is 4.98 Å². The van der Waals surface area contributed by atoms with Gasteiger partial charge in [0.15, 0.2) is 58.7 Å². The summed E-state index contributed by atoms with van der Waals surface area (Å²) in [5, 5.41) is 28.2. The van der Waals surface area contributed by atoms with Crippen LogP contribution in [0.1, 0.15) is 223 Å². The normalized spacial score (nSPS) is 17.8. The molecule has 4 atom stereocenters. The smallest absolute Gasteiger partial charge is 1.00 e. The van der Waals surface area contributed by atoms with E-state index in [2.05, 4.69) is 124 Å². The topological polar surface area (TPSA) is 267 Å². The molecule has 0 amide bonds. The number of aryl methyl sites for hydroxylation is 3. The van der Waals surface area contributed by atoms with E-state index in [0.29, 0.717) is 120 Å². The quantitative estimate of drug-likeness (QED) is 0.0105. The number of aliphatic hydroxyl groups is 2. The molecule has 4 saturated heterocycles. The summed E-state index contributed by atoms with van der Waals surface area (Å²) < 4.78 is 139. The van der Waals surface area contributed by atoms with Crippen LogP contribution in [0, 0.1) is 63.5 Å². The van der Waals surface area contributed by atoms with Crippen LogP contribution in [-0.4, -0.2) is 159 Å². The van der Waals surface area contributed by atoms with Crippen molar-refractivity contribution in [3.63, 3.8) is 0 Å². The predicted octanol–water partition coefficient (Wildman–Crippen LogP) is 20.2. The van der Waals surface area contributed by atoms with Crippen molar-refractivity contribution < 1.29 is 145 Å². The fraction of sp³-hybridized carbons (Fsp3) is 0.429. The summed E-state index contributed by atoms with van der Waals surface area (Å²) in [5.41, 5.74) is 8.83. The molecular formula is C112H133BrF3MgNO20SSi3Ti. The van der Waals surface area contributed by atoms with Gasteiger partial charge in [0, 0.05) is 81.2 Å². The minimum Gasteiger partial charge on any atom is -1.00 e. The third-order valence-electron chi connectivity index (χ3n) is 26.2. The molecule has 143 heavy (non-hydrogen) atoms. The SMILES string of the molecule is C1CCCC1.C=C[CH2-].CC(C#C[Si](C)(C)C)c1ccc2c(c1OS(=O)(=O)C(F)(F)F)CCC21OCCO1.CC1(C)O[C@@H](C(O)(c2ccccc2)c2ccccc2)[C@H](C(O)(c2ccccc2)c2ccccc2)O1.CCOC(=O)C#CC(C)c1ccc2c(c1C(=O)c1ocnc1C)CCC21OCCO1.Cc1c2ccc3c(c2c(O[Si](C)(C)C(C)(C)C)c2occ(C=O)c12)CCC31OCCO1.[Br-].[C-]#C[Si](C)(C)C.[CH3-].[Mg+2].[Ti+2]. The van der Waals surface area contributed by atoms with E-state index >= 15 is 0 Å². The van der Waals surface area contributed by atoms with E-state index in [4.69, 9.17) is 62.3 Å². The van der Waals surface area contributed by atoms with Gasteiger partial charge in [-0.2, -0.15) is 21.6 Å². The zero-order valence-corrected chi connectivity index (χ0v) is 94.0. The fourth-order valence-electron chi connectivity index (χ4n) is 18.4. The molecular weight excluding hydrogens is 2000 g/mol. The number of aldehydes is 1. The number of ketones is 1. The first-order chi connectivity index (χ1) is 65.6. The molecule has 18 rings (SSSR count). The van der Waals surface area contributed by atoms with Crippen molar-refractivity contribution in [2.24, 2.45) is 0 Å². The molecule has 8 aliphatic rings. The van der Waals surface area contributed by atoms with Gasteiger partial charge in [-0.05, 0) is 136 Å². The molecule has 0 bridgehead atoms. The Bertz CT molecular complexity index is 6150. The van der Waals surface area contributed by atoms with Crippen molar-refractivity contribution in [2.75, 3.05) is 46.2 Å². The number of rotatable bonds is 16. The molecule has 4 aliphatic heterocycles. The maximum Gasteiger partial charge on any atom is 2.00 e. The van der Waals surface area contributed by atoms with Crippen molar-refractivity contribution in [2.45, 2.75) is 261 Å². The Hall–Kier alpha value is -8.58. The van der Waals surface area contributed by atoms with Crippen LogP contribution in [0.2, 0.25) is 57.4 Å². The summed E-state index contributed by atoms with van der Waals surface area (Å²) in [6.45, 7) is 46.0. The first kappa shape index (κ1) is 120. The molecule has 6 heterocycles. The van der Waals surface area contributed by atoms with Gasteiger partial charge >= 0.3 is 66.4 Å². The van der Waals surface area contributed by atoms with E-state index < -0.39 is 98.5 Å². The summed E-state index contributed by atoms with van der Waals surface area (Å²) >= 11 is 0. The van der Waals surface area contributed by atoms with E-state index in [1.165, 1.54) is 50.1 Å². The average molecular weight is 2140 g/mol. The molecule has 3 spiro atoms. The van der Waals surface area contributed by atoms with Crippen LogP contribution in [0.15, 0.2) is 192 Å². The summed E-state index contributed by atoms with van der Waals surface area (Å²) in [6, 6.07) is 49.1. The molecule has 10 aromatic rings. The van der Waals surface area contributed by atoms with Crippen LogP contribution in [-0.2, 0) is 127 Å². The van der Waals surface area contributed by atoms with E-state index in [0.717, 1.165) is 68.9 Å². The van der Waals surface area contributed by atoms with E-state index in [9.17, 15) is 46.2 Å². The number of esters is 1. The van der Waals surface area contributed by atoms with Crippen molar-refractivity contribution in [1.29, 1.82) is 0 Å². The Balaban J connectivity index is 0.000000221. The average Bonchev–Trinajstić information content (AvgIpc) is 1.58. The number of benzene rings is 8. The Morgan fingerprint density at radius 1 is 0.615 bits per heavy atom. The van der Waals surface area contributed by atoms with Gasteiger partial charge in [-0.25, -0.2) is 29.4 Å². The molecule has 2 N–H and O–H groups in total. The minimum absolute atomic E-state index is 0. The number of aromatic nitrogens is 1. The van der Waals surface area contributed by atoms with Gasteiger partial charge in [0.05, 0.1) is 65.6 Å². The van der Waals surface area contributed by atoms with E-state index in [-0.39, 0.29) is 110 Å². The van der Waals surface area contributed by atoms with Crippen molar-refractivity contribution >= 4 is 97.4 Å². The maximum absolute atomic E-state index is 13.5. The number of carbonyl (C=O) groups is 3. The number of fused-ring (bicyclic) bond motifs is 9. The van der Waals surface area contributed by atoms with Crippen LogP contribution < -0.4 is 25.6 Å². The summed E-state index contributed by atoms with van der Waals surface area (Å²) in [4.78, 5) is 41.0. The van der Waals surface area contributed by atoms with Crippen LogP contribution in [0.5, 0.6) is 11.5 Å². The monoisotopic (exact) mass is 2140 g/mol. The first-order valence-corrected chi connectivity index (χ1v) is 58.8. The van der Waals surface area contributed by atoms with Gasteiger partial charge in [-0.3, -0.25) is 9.59 Å². The molecule has 1 saturated carbocycles. The molecule has 0 radical (unpaired) electrons. The Morgan fingerprint density at radius 2 is 1.01 bits per heavy atom. The zero-order chi connectivity index (χ0) is 101.